The molecule has 0 aliphatic carbocycles. The van der Waals surface area contributed by atoms with Gasteiger partial charge >= 0.3 is 0 Å². The number of carbonyl (C=O) groups excluding carboxylic acids is 1. The van der Waals surface area contributed by atoms with Crippen molar-refractivity contribution in [1.82, 2.24) is 5.32 Å². The number of hydrogen-bond donors (Lipinski definition) is 1. The number of ether oxygens (including phenoxy) is 1. The number of carbonyl (C=O) groups is 1. The minimum absolute atomic E-state index is 0.0698. The maximum absolute atomic E-state index is 12.3. The molecule has 4 heteroatoms. The summed E-state index contributed by atoms with van der Waals surface area (Å²) < 4.78 is 5.08. The van der Waals surface area contributed by atoms with Crippen LogP contribution in [0.2, 0.25) is 5.02 Å². The van der Waals surface area contributed by atoms with Gasteiger partial charge in [-0.05, 0) is 43.2 Å². The molecule has 0 radical (unpaired) electrons. The van der Waals surface area contributed by atoms with Gasteiger partial charge in [-0.3, -0.25) is 4.79 Å². The average Bonchev–Trinajstić information content (AvgIpc) is 2.47. The van der Waals surface area contributed by atoms with Crippen LogP contribution in [-0.2, 0) is 0 Å². The number of rotatable bonds is 4. The lowest BCUT2D eigenvalue weighted by molar-refractivity contribution is 0.0940. The Labute approximate surface area is 129 Å². The molecule has 0 aliphatic heterocycles. The van der Waals surface area contributed by atoms with Crippen LogP contribution in [0, 0.1) is 6.92 Å². The van der Waals surface area contributed by atoms with E-state index in [0.717, 1.165) is 11.1 Å². The van der Waals surface area contributed by atoms with E-state index in [-0.39, 0.29) is 11.9 Å². The number of amides is 1. The molecule has 0 bridgehead atoms. The van der Waals surface area contributed by atoms with Crippen LogP contribution >= 0.6 is 11.6 Å². The highest BCUT2D eigenvalue weighted by Gasteiger charge is 2.14. The van der Waals surface area contributed by atoms with Gasteiger partial charge in [0.25, 0.3) is 5.91 Å². The highest BCUT2D eigenvalue weighted by Crippen LogP contribution is 2.25. The van der Waals surface area contributed by atoms with Crippen LogP contribution in [-0.4, -0.2) is 13.0 Å². The largest absolute Gasteiger partial charge is 0.495 e. The van der Waals surface area contributed by atoms with Crippen LogP contribution in [0.5, 0.6) is 5.75 Å². The lowest BCUT2D eigenvalue weighted by atomic mass is 10.0. The number of aryl methyl sites for hydroxylation is 1. The molecule has 1 amide bonds. The monoisotopic (exact) mass is 303 g/mol. The summed E-state index contributed by atoms with van der Waals surface area (Å²) in [7, 11) is 1.54. The van der Waals surface area contributed by atoms with Gasteiger partial charge in [-0.25, -0.2) is 0 Å². The van der Waals surface area contributed by atoms with E-state index in [4.69, 9.17) is 16.3 Å². The van der Waals surface area contributed by atoms with Gasteiger partial charge in [-0.2, -0.15) is 0 Å². The SMILES string of the molecule is COc1ccc(C(=O)NC(C)c2ccccc2C)cc1Cl. The molecule has 0 spiro atoms. The molecule has 1 atom stereocenters. The van der Waals surface area contributed by atoms with Gasteiger partial charge in [0, 0.05) is 5.56 Å². The molecule has 0 aromatic heterocycles. The summed E-state index contributed by atoms with van der Waals surface area (Å²) in [5.41, 5.74) is 2.77. The third-order valence-corrected chi connectivity index (χ3v) is 3.71. The Balaban J connectivity index is 2.14. The first kappa shape index (κ1) is 15.4. The molecular weight excluding hydrogens is 286 g/mol. The fourth-order valence-corrected chi connectivity index (χ4v) is 2.50. The van der Waals surface area contributed by atoms with E-state index < -0.39 is 0 Å². The Hall–Kier alpha value is -2.00. The van der Waals surface area contributed by atoms with Crippen molar-refractivity contribution in [2.75, 3.05) is 7.11 Å². The van der Waals surface area contributed by atoms with Crippen molar-refractivity contribution in [3.05, 3.63) is 64.2 Å². The van der Waals surface area contributed by atoms with E-state index in [1.165, 1.54) is 0 Å². The van der Waals surface area contributed by atoms with Crippen molar-refractivity contribution >= 4 is 17.5 Å². The Morgan fingerprint density at radius 2 is 1.95 bits per heavy atom. The van der Waals surface area contributed by atoms with Crippen LogP contribution in [0.25, 0.3) is 0 Å². The van der Waals surface area contributed by atoms with Gasteiger partial charge in [-0.1, -0.05) is 35.9 Å². The van der Waals surface area contributed by atoms with E-state index in [0.29, 0.717) is 16.3 Å². The lowest BCUT2D eigenvalue weighted by Gasteiger charge is -2.17. The first-order chi connectivity index (χ1) is 10.0. The zero-order valence-electron chi connectivity index (χ0n) is 12.3. The summed E-state index contributed by atoms with van der Waals surface area (Å²) in [6, 6.07) is 12.9. The number of hydrogen-bond acceptors (Lipinski definition) is 2. The maximum atomic E-state index is 12.3. The predicted molar refractivity (Wildman–Crippen MR) is 85.1 cm³/mol. The van der Waals surface area contributed by atoms with E-state index in [1.807, 2.05) is 38.1 Å². The van der Waals surface area contributed by atoms with Gasteiger partial charge in [-0.15, -0.1) is 0 Å². The standard InChI is InChI=1S/C17H18ClNO2/c1-11-6-4-5-7-14(11)12(2)19-17(20)13-8-9-16(21-3)15(18)10-13/h4-10,12H,1-3H3,(H,19,20). The number of methoxy groups -OCH3 is 1. The molecular formula is C17H18ClNO2. The molecule has 0 fully saturated rings. The third kappa shape index (κ3) is 3.56. The van der Waals surface area contributed by atoms with Crippen molar-refractivity contribution in [2.24, 2.45) is 0 Å². The molecule has 1 N–H and O–H groups in total. The second-order valence-corrected chi connectivity index (χ2v) is 5.31. The number of nitrogens with one attached hydrogen (secondary N) is 1. The van der Waals surface area contributed by atoms with Crippen LogP contribution < -0.4 is 10.1 Å². The smallest absolute Gasteiger partial charge is 0.251 e. The molecule has 0 aliphatic rings. The number of benzene rings is 2. The summed E-state index contributed by atoms with van der Waals surface area (Å²) in [6.45, 7) is 3.99. The van der Waals surface area contributed by atoms with E-state index in [1.54, 1.807) is 25.3 Å². The fourth-order valence-electron chi connectivity index (χ4n) is 2.24. The zero-order valence-corrected chi connectivity index (χ0v) is 13.1. The van der Waals surface area contributed by atoms with Gasteiger partial charge < -0.3 is 10.1 Å². The topological polar surface area (TPSA) is 38.3 Å². The second-order valence-electron chi connectivity index (χ2n) is 4.90. The lowest BCUT2D eigenvalue weighted by Crippen LogP contribution is -2.27. The molecule has 0 heterocycles. The summed E-state index contributed by atoms with van der Waals surface area (Å²) in [4.78, 5) is 12.3. The molecule has 2 aromatic carbocycles. The van der Waals surface area contributed by atoms with Crippen molar-refractivity contribution in [1.29, 1.82) is 0 Å². The molecule has 2 aromatic rings. The van der Waals surface area contributed by atoms with Crippen LogP contribution in [0.1, 0.15) is 34.5 Å². The Morgan fingerprint density at radius 3 is 2.57 bits per heavy atom. The Kier molecular flexibility index (Phi) is 4.86. The summed E-state index contributed by atoms with van der Waals surface area (Å²) in [6.07, 6.45) is 0. The van der Waals surface area contributed by atoms with Crippen molar-refractivity contribution in [3.63, 3.8) is 0 Å². The van der Waals surface area contributed by atoms with Crippen LogP contribution in [0.4, 0.5) is 0 Å². The van der Waals surface area contributed by atoms with Crippen molar-refractivity contribution in [3.8, 4) is 5.75 Å². The minimum Gasteiger partial charge on any atom is -0.495 e. The zero-order chi connectivity index (χ0) is 15.4. The van der Waals surface area contributed by atoms with Crippen LogP contribution in [0.15, 0.2) is 42.5 Å². The highest BCUT2D eigenvalue weighted by molar-refractivity contribution is 6.32. The van der Waals surface area contributed by atoms with Gasteiger partial charge in [0.2, 0.25) is 0 Å². The molecule has 2 rings (SSSR count). The maximum Gasteiger partial charge on any atom is 0.251 e. The molecule has 21 heavy (non-hydrogen) atoms. The van der Waals surface area contributed by atoms with Crippen LogP contribution in [0.3, 0.4) is 0 Å². The second kappa shape index (κ2) is 6.64. The minimum atomic E-state index is -0.157. The van der Waals surface area contributed by atoms with E-state index >= 15 is 0 Å². The summed E-state index contributed by atoms with van der Waals surface area (Å²) >= 11 is 6.05. The average molecular weight is 304 g/mol. The molecule has 0 saturated heterocycles. The first-order valence-electron chi connectivity index (χ1n) is 6.73. The normalized spacial score (nSPS) is 11.8. The number of halogens is 1. The van der Waals surface area contributed by atoms with Gasteiger partial charge in [0.15, 0.2) is 0 Å². The Bertz CT molecular complexity index is 655. The van der Waals surface area contributed by atoms with Crippen molar-refractivity contribution < 1.29 is 9.53 Å². The van der Waals surface area contributed by atoms with E-state index in [2.05, 4.69) is 5.32 Å². The van der Waals surface area contributed by atoms with Gasteiger partial charge in [0.1, 0.15) is 5.75 Å². The highest BCUT2D eigenvalue weighted by atomic mass is 35.5. The van der Waals surface area contributed by atoms with Gasteiger partial charge in [0.05, 0.1) is 18.2 Å². The summed E-state index contributed by atoms with van der Waals surface area (Å²) in [5.74, 6) is 0.399. The molecule has 3 nitrogen and oxygen atoms in total. The van der Waals surface area contributed by atoms with Crippen molar-refractivity contribution in [2.45, 2.75) is 19.9 Å². The van der Waals surface area contributed by atoms with E-state index in [9.17, 15) is 4.79 Å². The Morgan fingerprint density at radius 1 is 1.24 bits per heavy atom. The quantitative estimate of drug-likeness (QED) is 0.921. The fraction of sp³-hybridized carbons (Fsp3) is 0.235. The summed E-state index contributed by atoms with van der Waals surface area (Å²) in [5, 5.41) is 3.40. The molecule has 110 valence electrons. The molecule has 0 saturated carbocycles. The molecule has 1 unspecified atom stereocenters. The predicted octanol–water partition coefficient (Wildman–Crippen LogP) is 4.15. The third-order valence-electron chi connectivity index (χ3n) is 3.42. The first-order valence-corrected chi connectivity index (χ1v) is 7.10.